The number of ether oxygens (including phenoxy) is 1. The molecule has 6 heteroatoms. The van der Waals surface area contributed by atoms with Gasteiger partial charge < -0.3 is 4.74 Å². The third-order valence-corrected chi connectivity index (χ3v) is 3.66. The summed E-state index contributed by atoms with van der Waals surface area (Å²) in [6.07, 6.45) is 0. The Balaban J connectivity index is 1.57. The minimum Gasteiger partial charge on any atom is -0.492 e. The van der Waals surface area contributed by atoms with Gasteiger partial charge in [-0.1, -0.05) is 45.8 Å². The fourth-order valence-corrected chi connectivity index (χ4v) is 2.20. The summed E-state index contributed by atoms with van der Waals surface area (Å²) < 4.78 is 6.67. The second-order valence-corrected chi connectivity index (χ2v) is 5.79. The molecular formula is C16H15BrN4O. The van der Waals surface area contributed by atoms with E-state index in [-0.39, 0.29) is 0 Å². The first-order valence-corrected chi connectivity index (χ1v) is 7.73. The van der Waals surface area contributed by atoms with Crippen LogP contribution < -0.4 is 4.74 Å². The molecule has 0 saturated carbocycles. The van der Waals surface area contributed by atoms with Crippen molar-refractivity contribution in [1.82, 2.24) is 20.2 Å². The summed E-state index contributed by atoms with van der Waals surface area (Å²) in [6, 6.07) is 15.8. The molecule has 0 fully saturated rings. The Bertz CT molecular complexity index is 738. The standard InChI is InChI=1S/C16H15BrN4O/c1-12-2-4-13(5-3-12)16-18-20-21(19-16)10-11-22-15-8-6-14(17)7-9-15/h2-9H,10-11H2,1H3. The van der Waals surface area contributed by atoms with Crippen molar-refractivity contribution in [3.8, 4) is 17.1 Å². The van der Waals surface area contributed by atoms with Gasteiger partial charge >= 0.3 is 0 Å². The average molecular weight is 359 g/mol. The lowest BCUT2D eigenvalue weighted by molar-refractivity contribution is 0.280. The molecule has 0 aliphatic carbocycles. The van der Waals surface area contributed by atoms with Crippen molar-refractivity contribution >= 4 is 15.9 Å². The molecule has 0 aliphatic heterocycles. The monoisotopic (exact) mass is 358 g/mol. The highest BCUT2D eigenvalue weighted by molar-refractivity contribution is 9.10. The fraction of sp³-hybridized carbons (Fsp3) is 0.188. The third-order valence-electron chi connectivity index (χ3n) is 3.14. The van der Waals surface area contributed by atoms with E-state index in [2.05, 4.69) is 31.3 Å². The SMILES string of the molecule is Cc1ccc(-c2nnn(CCOc3ccc(Br)cc3)n2)cc1. The zero-order chi connectivity index (χ0) is 15.4. The third kappa shape index (κ3) is 3.71. The first-order chi connectivity index (χ1) is 10.7. The minimum atomic E-state index is 0.491. The summed E-state index contributed by atoms with van der Waals surface area (Å²) in [7, 11) is 0. The van der Waals surface area contributed by atoms with E-state index in [1.807, 2.05) is 55.5 Å². The van der Waals surface area contributed by atoms with Gasteiger partial charge in [-0.25, -0.2) is 0 Å². The summed E-state index contributed by atoms with van der Waals surface area (Å²) in [5, 5.41) is 12.5. The normalized spacial score (nSPS) is 10.6. The summed E-state index contributed by atoms with van der Waals surface area (Å²) in [6.45, 7) is 3.09. The summed E-state index contributed by atoms with van der Waals surface area (Å²) in [5.74, 6) is 1.45. The maximum Gasteiger partial charge on any atom is 0.204 e. The van der Waals surface area contributed by atoms with Crippen LogP contribution in [-0.2, 0) is 6.54 Å². The molecule has 0 N–H and O–H groups in total. The molecule has 0 radical (unpaired) electrons. The Morgan fingerprint density at radius 2 is 1.77 bits per heavy atom. The Labute approximate surface area is 137 Å². The van der Waals surface area contributed by atoms with Crippen LogP contribution in [0.4, 0.5) is 0 Å². The average Bonchev–Trinajstić information content (AvgIpc) is 2.99. The highest BCUT2D eigenvalue weighted by atomic mass is 79.9. The number of aryl methyl sites for hydroxylation is 1. The van der Waals surface area contributed by atoms with E-state index in [4.69, 9.17) is 4.74 Å². The van der Waals surface area contributed by atoms with Gasteiger partial charge in [0.2, 0.25) is 5.82 Å². The molecule has 0 spiro atoms. The molecule has 112 valence electrons. The number of hydrogen-bond donors (Lipinski definition) is 0. The van der Waals surface area contributed by atoms with Crippen molar-refractivity contribution in [2.24, 2.45) is 0 Å². The van der Waals surface area contributed by atoms with Gasteiger partial charge in [-0.15, -0.1) is 10.2 Å². The van der Waals surface area contributed by atoms with Crippen molar-refractivity contribution in [3.63, 3.8) is 0 Å². The van der Waals surface area contributed by atoms with Gasteiger partial charge in [-0.3, -0.25) is 0 Å². The molecule has 22 heavy (non-hydrogen) atoms. The second-order valence-electron chi connectivity index (χ2n) is 4.88. The van der Waals surface area contributed by atoms with Crippen molar-refractivity contribution in [1.29, 1.82) is 0 Å². The minimum absolute atomic E-state index is 0.491. The molecule has 1 heterocycles. The van der Waals surface area contributed by atoms with Crippen LogP contribution in [0.25, 0.3) is 11.4 Å². The van der Waals surface area contributed by atoms with E-state index in [1.165, 1.54) is 5.56 Å². The highest BCUT2D eigenvalue weighted by Gasteiger charge is 2.05. The Hall–Kier alpha value is -2.21. The van der Waals surface area contributed by atoms with Gasteiger partial charge in [0.05, 0.1) is 6.54 Å². The summed E-state index contributed by atoms with van der Waals surface area (Å²) in [4.78, 5) is 1.55. The lowest BCUT2D eigenvalue weighted by Gasteiger charge is -2.04. The fourth-order valence-electron chi connectivity index (χ4n) is 1.93. The van der Waals surface area contributed by atoms with Crippen molar-refractivity contribution in [3.05, 3.63) is 58.6 Å². The molecule has 0 atom stereocenters. The van der Waals surface area contributed by atoms with Crippen LogP contribution in [0.15, 0.2) is 53.0 Å². The predicted molar refractivity (Wildman–Crippen MR) is 87.6 cm³/mol. The Morgan fingerprint density at radius 1 is 1.05 bits per heavy atom. The van der Waals surface area contributed by atoms with Crippen LogP contribution in [0.3, 0.4) is 0 Å². The zero-order valence-corrected chi connectivity index (χ0v) is 13.7. The van der Waals surface area contributed by atoms with E-state index in [9.17, 15) is 0 Å². The summed E-state index contributed by atoms with van der Waals surface area (Å²) in [5.41, 5.74) is 2.17. The first kappa shape index (κ1) is 14.7. The van der Waals surface area contributed by atoms with E-state index < -0.39 is 0 Å². The number of hydrogen-bond acceptors (Lipinski definition) is 4. The quantitative estimate of drug-likeness (QED) is 0.700. The van der Waals surface area contributed by atoms with Crippen LogP contribution >= 0.6 is 15.9 Å². The van der Waals surface area contributed by atoms with Crippen molar-refractivity contribution < 1.29 is 4.74 Å². The smallest absolute Gasteiger partial charge is 0.204 e. The molecule has 3 aromatic rings. The largest absolute Gasteiger partial charge is 0.492 e. The Kier molecular flexibility index (Phi) is 4.48. The number of rotatable bonds is 5. The van der Waals surface area contributed by atoms with E-state index in [0.29, 0.717) is 19.0 Å². The van der Waals surface area contributed by atoms with Crippen LogP contribution in [0.1, 0.15) is 5.56 Å². The number of halogens is 1. The molecule has 2 aromatic carbocycles. The van der Waals surface area contributed by atoms with Crippen LogP contribution in [0, 0.1) is 6.92 Å². The van der Waals surface area contributed by atoms with Crippen molar-refractivity contribution in [2.75, 3.05) is 6.61 Å². The molecule has 1 aromatic heterocycles. The second kappa shape index (κ2) is 6.70. The van der Waals surface area contributed by atoms with Crippen molar-refractivity contribution in [2.45, 2.75) is 13.5 Å². The molecular weight excluding hydrogens is 344 g/mol. The summed E-state index contributed by atoms with van der Waals surface area (Å²) >= 11 is 3.39. The first-order valence-electron chi connectivity index (χ1n) is 6.94. The molecule has 0 bridgehead atoms. The highest BCUT2D eigenvalue weighted by Crippen LogP contribution is 2.16. The number of benzene rings is 2. The molecule has 3 rings (SSSR count). The van der Waals surface area contributed by atoms with Gasteiger partial charge in [-0.05, 0) is 36.4 Å². The lowest BCUT2D eigenvalue weighted by Crippen LogP contribution is -2.11. The Morgan fingerprint density at radius 3 is 2.50 bits per heavy atom. The van der Waals surface area contributed by atoms with Gasteiger partial charge in [-0.2, -0.15) is 4.80 Å². The maximum atomic E-state index is 5.65. The van der Waals surface area contributed by atoms with Gasteiger partial charge in [0.1, 0.15) is 12.4 Å². The topological polar surface area (TPSA) is 52.8 Å². The van der Waals surface area contributed by atoms with E-state index in [0.717, 1.165) is 15.8 Å². The van der Waals surface area contributed by atoms with Gasteiger partial charge in [0, 0.05) is 10.0 Å². The number of tetrazole rings is 1. The number of nitrogens with zero attached hydrogens (tertiary/aromatic N) is 4. The molecule has 5 nitrogen and oxygen atoms in total. The lowest BCUT2D eigenvalue weighted by atomic mass is 10.1. The maximum absolute atomic E-state index is 5.65. The zero-order valence-electron chi connectivity index (χ0n) is 12.1. The van der Waals surface area contributed by atoms with Crippen LogP contribution in [0.2, 0.25) is 0 Å². The molecule has 0 amide bonds. The predicted octanol–water partition coefficient (Wildman–Crippen LogP) is 3.49. The number of aromatic nitrogens is 4. The van der Waals surface area contributed by atoms with Crippen LogP contribution in [-0.4, -0.2) is 26.8 Å². The van der Waals surface area contributed by atoms with E-state index >= 15 is 0 Å². The van der Waals surface area contributed by atoms with Gasteiger partial charge in [0.25, 0.3) is 0 Å². The van der Waals surface area contributed by atoms with Gasteiger partial charge in [0.15, 0.2) is 0 Å². The van der Waals surface area contributed by atoms with E-state index in [1.54, 1.807) is 4.80 Å². The molecule has 0 saturated heterocycles. The molecule has 0 unspecified atom stereocenters. The molecule has 0 aliphatic rings. The van der Waals surface area contributed by atoms with Crippen LogP contribution in [0.5, 0.6) is 5.75 Å².